The molecule has 2 heterocycles. The Morgan fingerprint density at radius 2 is 1.71 bits per heavy atom. The minimum atomic E-state index is -1.42. The number of unbranched alkanes of at least 4 members (excludes halogenated alkanes) is 1. The molecule has 0 saturated heterocycles. The molecule has 9 heteroatoms. The van der Waals surface area contributed by atoms with Crippen LogP contribution in [0.2, 0.25) is 0 Å². The number of carbonyl (C=O) groups excluding carboxylic acids is 1. The Bertz CT molecular complexity index is 1610. The highest BCUT2D eigenvalue weighted by atomic mass is 19.1. The highest BCUT2D eigenvalue weighted by Crippen LogP contribution is 2.37. The molecule has 8 nitrogen and oxygen atoms in total. The number of nitrogens with one attached hydrogen (secondary N) is 1. The minimum absolute atomic E-state index is 0.175. The summed E-state index contributed by atoms with van der Waals surface area (Å²) in [6.07, 6.45) is 3.27. The Morgan fingerprint density at radius 1 is 1.05 bits per heavy atom. The molecule has 1 amide bonds. The summed E-state index contributed by atoms with van der Waals surface area (Å²) in [5, 5.41) is 13.5. The van der Waals surface area contributed by atoms with Crippen molar-refractivity contribution in [2.45, 2.75) is 65.2 Å². The maximum Gasteiger partial charge on any atom is 0.339 e. The Balaban J connectivity index is 1.87. The van der Waals surface area contributed by atoms with Gasteiger partial charge in [-0.05, 0) is 75.1 Å². The van der Waals surface area contributed by atoms with Crippen molar-refractivity contribution in [3.05, 3.63) is 88.2 Å². The summed E-state index contributed by atoms with van der Waals surface area (Å²) in [4.78, 5) is 39.2. The van der Waals surface area contributed by atoms with Gasteiger partial charge in [-0.3, -0.25) is 9.59 Å². The van der Waals surface area contributed by atoms with Crippen LogP contribution in [-0.2, 0) is 34.3 Å². The van der Waals surface area contributed by atoms with E-state index in [4.69, 9.17) is 4.74 Å². The summed E-state index contributed by atoms with van der Waals surface area (Å²) in [5.41, 5.74) is 2.10. The lowest BCUT2D eigenvalue weighted by Crippen LogP contribution is -2.33. The van der Waals surface area contributed by atoms with E-state index in [9.17, 15) is 23.9 Å². The van der Waals surface area contributed by atoms with Crippen LogP contribution in [0.5, 0.6) is 0 Å². The first-order chi connectivity index (χ1) is 19.4. The van der Waals surface area contributed by atoms with Crippen LogP contribution in [0, 0.1) is 5.82 Å². The second kappa shape index (κ2) is 12.1. The van der Waals surface area contributed by atoms with Gasteiger partial charge in [-0.2, -0.15) is 0 Å². The zero-order valence-corrected chi connectivity index (χ0v) is 24.0. The van der Waals surface area contributed by atoms with E-state index in [1.807, 2.05) is 24.3 Å². The van der Waals surface area contributed by atoms with Gasteiger partial charge in [-0.15, -0.1) is 0 Å². The number of nitrogens with zero attached hydrogens (tertiary/aromatic N) is 2. The number of pyridine rings is 1. The lowest BCUT2D eigenvalue weighted by molar-refractivity contribution is -0.161. The molecule has 0 fully saturated rings. The topological polar surface area (TPSA) is 103 Å². The third-order valence-electron chi connectivity index (χ3n) is 6.81. The lowest BCUT2D eigenvalue weighted by atomic mass is 9.95. The van der Waals surface area contributed by atoms with Crippen LogP contribution in [0.15, 0.2) is 65.6 Å². The summed E-state index contributed by atoms with van der Waals surface area (Å²) in [6, 6.07) is 15.0. The van der Waals surface area contributed by atoms with Gasteiger partial charge >= 0.3 is 5.97 Å². The van der Waals surface area contributed by atoms with Gasteiger partial charge in [0.1, 0.15) is 17.9 Å². The monoisotopic (exact) mass is 561 g/mol. The molecule has 2 N–H and O–H groups in total. The number of aryl methyl sites for hydroxylation is 1. The van der Waals surface area contributed by atoms with Crippen molar-refractivity contribution < 1.29 is 23.8 Å². The zero-order chi connectivity index (χ0) is 29.9. The van der Waals surface area contributed by atoms with Gasteiger partial charge < -0.3 is 24.3 Å². The second-order valence-corrected chi connectivity index (χ2v) is 11.1. The number of fused-ring (bicyclic) bond motifs is 1. The molecule has 0 aliphatic carbocycles. The molecule has 0 spiro atoms. The highest BCUT2D eigenvalue weighted by molar-refractivity contribution is 5.99. The number of hydrogen-bond acceptors (Lipinski definition) is 4. The number of amides is 1. The molecule has 0 aliphatic heterocycles. The molecule has 4 aromatic rings. The summed E-state index contributed by atoms with van der Waals surface area (Å²) in [5.74, 6) is -2.03. The van der Waals surface area contributed by atoms with Crippen LogP contribution in [0.3, 0.4) is 0 Å². The Kier molecular flexibility index (Phi) is 8.77. The Morgan fingerprint density at radius 3 is 2.29 bits per heavy atom. The number of rotatable bonds is 10. The van der Waals surface area contributed by atoms with Gasteiger partial charge in [0.15, 0.2) is 6.10 Å². The predicted octanol–water partition coefficient (Wildman–Crippen LogP) is 6.07. The molecule has 0 aliphatic rings. The number of anilines is 1. The number of benzene rings is 2. The number of halogens is 1. The Hall–Kier alpha value is -4.24. The number of carboxylic acid groups (broad SMARTS) is 1. The first-order valence-corrected chi connectivity index (χ1v) is 13.7. The fourth-order valence-electron chi connectivity index (χ4n) is 4.91. The molecular formula is C32H36FN3O5. The first-order valence-electron chi connectivity index (χ1n) is 13.7. The van der Waals surface area contributed by atoms with Gasteiger partial charge in [0.2, 0.25) is 5.91 Å². The normalized spacial score (nSPS) is 12.4. The summed E-state index contributed by atoms with van der Waals surface area (Å²) in [7, 11) is 1.52. The molecule has 216 valence electrons. The van der Waals surface area contributed by atoms with Gasteiger partial charge in [-0.1, -0.05) is 37.6 Å². The van der Waals surface area contributed by atoms with Crippen LogP contribution < -0.4 is 10.9 Å². The van der Waals surface area contributed by atoms with E-state index in [-0.39, 0.29) is 17.8 Å². The SMILES string of the molecule is CCCCc1ccc(-c2c(C(OC(C)(C)C)C(=O)O)n(C)c(=O)c3c2ccn3CC(=O)Nc2ccc(F)cc2)cc1. The lowest BCUT2D eigenvalue weighted by Gasteiger charge is -2.28. The first kappa shape index (κ1) is 29.7. The third-order valence-corrected chi connectivity index (χ3v) is 6.81. The maximum atomic E-state index is 13.8. The number of carboxylic acids is 1. The van der Waals surface area contributed by atoms with Gasteiger partial charge in [-0.25, -0.2) is 9.18 Å². The molecular weight excluding hydrogens is 525 g/mol. The molecule has 0 saturated carbocycles. The van der Waals surface area contributed by atoms with E-state index in [0.717, 1.165) is 30.4 Å². The van der Waals surface area contributed by atoms with Crippen molar-refractivity contribution >= 4 is 28.5 Å². The van der Waals surface area contributed by atoms with Crippen molar-refractivity contribution in [2.75, 3.05) is 5.32 Å². The second-order valence-electron chi connectivity index (χ2n) is 11.1. The average Bonchev–Trinajstić information content (AvgIpc) is 3.32. The fraction of sp³-hybridized carbons (Fsp3) is 0.344. The van der Waals surface area contributed by atoms with Gasteiger partial charge in [0.05, 0.1) is 11.3 Å². The predicted molar refractivity (Wildman–Crippen MR) is 157 cm³/mol. The van der Waals surface area contributed by atoms with Crippen molar-refractivity contribution in [3.63, 3.8) is 0 Å². The van der Waals surface area contributed by atoms with Crippen LogP contribution in [0.1, 0.15) is 57.9 Å². The number of ether oxygens (including phenoxy) is 1. The molecule has 2 aromatic heterocycles. The fourth-order valence-corrected chi connectivity index (χ4v) is 4.91. The molecule has 0 radical (unpaired) electrons. The molecule has 0 bridgehead atoms. The maximum absolute atomic E-state index is 13.8. The van der Waals surface area contributed by atoms with E-state index in [0.29, 0.717) is 16.6 Å². The van der Waals surface area contributed by atoms with Gasteiger partial charge in [0.25, 0.3) is 5.56 Å². The van der Waals surface area contributed by atoms with Crippen molar-refractivity contribution in [3.8, 4) is 11.1 Å². The quantitative estimate of drug-likeness (QED) is 0.245. The molecule has 1 atom stereocenters. The average molecular weight is 562 g/mol. The zero-order valence-electron chi connectivity index (χ0n) is 24.0. The molecule has 41 heavy (non-hydrogen) atoms. The van der Waals surface area contributed by atoms with E-state index in [1.54, 1.807) is 37.6 Å². The van der Waals surface area contributed by atoms with E-state index >= 15 is 0 Å². The van der Waals surface area contributed by atoms with Crippen molar-refractivity contribution in [1.29, 1.82) is 0 Å². The number of hydrogen-bond donors (Lipinski definition) is 2. The largest absolute Gasteiger partial charge is 0.479 e. The van der Waals surface area contributed by atoms with Crippen molar-refractivity contribution in [2.24, 2.45) is 7.05 Å². The van der Waals surface area contributed by atoms with Crippen LogP contribution in [0.25, 0.3) is 22.0 Å². The van der Waals surface area contributed by atoms with Gasteiger partial charge in [0, 0.05) is 29.9 Å². The molecule has 1 unspecified atom stereocenters. The standard InChI is InChI=1S/C32H36FN3O5/c1-6-7-8-20-9-11-21(12-10-20)26-24-17-18-36(19-25(37)34-23-15-13-22(33)14-16-23)27(24)30(38)35(5)28(26)29(31(39)40)41-32(2,3)4/h9-18,29H,6-8,19H2,1-5H3,(H,34,37)(H,39,40). The van der Waals surface area contributed by atoms with E-state index in [1.165, 1.54) is 35.9 Å². The van der Waals surface area contributed by atoms with Crippen molar-refractivity contribution in [1.82, 2.24) is 9.13 Å². The minimum Gasteiger partial charge on any atom is -0.479 e. The third kappa shape index (κ3) is 6.74. The van der Waals surface area contributed by atoms with Crippen LogP contribution in [-0.4, -0.2) is 31.7 Å². The molecule has 4 rings (SSSR count). The smallest absolute Gasteiger partial charge is 0.339 e. The number of aromatic nitrogens is 2. The Labute approximate surface area is 238 Å². The van der Waals surface area contributed by atoms with E-state index in [2.05, 4.69) is 12.2 Å². The van der Waals surface area contributed by atoms with Crippen LogP contribution in [0.4, 0.5) is 10.1 Å². The number of carbonyl (C=O) groups is 2. The highest BCUT2D eigenvalue weighted by Gasteiger charge is 2.33. The van der Waals surface area contributed by atoms with E-state index < -0.39 is 35.0 Å². The number of aliphatic carboxylic acids is 1. The summed E-state index contributed by atoms with van der Waals surface area (Å²) in [6.45, 7) is 7.24. The molecule has 2 aromatic carbocycles. The summed E-state index contributed by atoms with van der Waals surface area (Å²) < 4.78 is 22.1. The van der Waals surface area contributed by atoms with Crippen LogP contribution >= 0.6 is 0 Å². The summed E-state index contributed by atoms with van der Waals surface area (Å²) >= 11 is 0.